The van der Waals surface area contributed by atoms with Crippen LogP contribution in [-0.2, 0) is 6.42 Å². The molecule has 22 heavy (non-hydrogen) atoms. The van der Waals surface area contributed by atoms with Gasteiger partial charge < -0.3 is 9.73 Å². The zero-order chi connectivity index (χ0) is 15.8. The zero-order valence-corrected chi connectivity index (χ0v) is 12.4. The number of rotatable bonds is 6. The lowest BCUT2D eigenvalue weighted by atomic mass is 10.1. The molecule has 0 aliphatic heterocycles. The third kappa shape index (κ3) is 4.98. The van der Waals surface area contributed by atoms with Crippen LogP contribution in [0, 0.1) is 10.1 Å². The molecule has 0 atom stereocenters. The van der Waals surface area contributed by atoms with Crippen LogP contribution in [0.4, 0.5) is 5.88 Å². The van der Waals surface area contributed by atoms with Crippen molar-refractivity contribution in [2.24, 2.45) is 5.10 Å². The summed E-state index contributed by atoms with van der Waals surface area (Å²) < 4.78 is 4.91. The standard InChI is InChI=1S/C14H14N4O3S/c19-18(20)13-7-6-12(21-13)10-16-17-14(22)15-9-8-11-4-2-1-3-5-11/h1-7,10H,8-9H2,(H2,15,17,22)/b16-10+. The molecule has 7 nitrogen and oxygen atoms in total. The smallest absolute Gasteiger partial charge is 0.400 e. The molecule has 0 saturated heterocycles. The summed E-state index contributed by atoms with van der Waals surface area (Å²) in [5.74, 6) is -0.0590. The lowest BCUT2D eigenvalue weighted by Gasteiger charge is -2.06. The van der Waals surface area contributed by atoms with Gasteiger partial charge in [0.05, 0.1) is 12.3 Å². The third-order valence-corrected chi connectivity index (χ3v) is 2.93. The maximum Gasteiger partial charge on any atom is 0.433 e. The molecular formula is C14H14N4O3S. The molecule has 0 aliphatic rings. The molecule has 1 heterocycles. The minimum Gasteiger partial charge on any atom is -0.400 e. The number of furan rings is 1. The van der Waals surface area contributed by atoms with Gasteiger partial charge in [-0.25, -0.2) is 0 Å². The summed E-state index contributed by atoms with van der Waals surface area (Å²) in [6.07, 6.45) is 2.16. The number of benzene rings is 1. The van der Waals surface area contributed by atoms with Crippen LogP contribution in [0.5, 0.6) is 0 Å². The van der Waals surface area contributed by atoms with E-state index in [-0.39, 0.29) is 11.6 Å². The molecule has 0 saturated carbocycles. The summed E-state index contributed by atoms with van der Waals surface area (Å²) in [7, 11) is 0. The summed E-state index contributed by atoms with van der Waals surface area (Å²) in [4.78, 5) is 9.84. The normalized spacial score (nSPS) is 10.5. The first-order valence-corrected chi connectivity index (χ1v) is 6.91. The minimum atomic E-state index is -0.611. The third-order valence-electron chi connectivity index (χ3n) is 2.69. The highest BCUT2D eigenvalue weighted by molar-refractivity contribution is 7.80. The van der Waals surface area contributed by atoms with Crippen LogP contribution >= 0.6 is 12.2 Å². The van der Waals surface area contributed by atoms with Gasteiger partial charge >= 0.3 is 5.88 Å². The maximum atomic E-state index is 10.5. The van der Waals surface area contributed by atoms with Crippen molar-refractivity contribution in [3.63, 3.8) is 0 Å². The molecule has 0 fully saturated rings. The molecule has 0 radical (unpaired) electrons. The van der Waals surface area contributed by atoms with Gasteiger partial charge in [-0.1, -0.05) is 30.3 Å². The van der Waals surface area contributed by atoms with Crippen LogP contribution in [0.2, 0.25) is 0 Å². The lowest BCUT2D eigenvalue weighted by Crippen LogP contribution is -2.33. The Hall–Kier alpha value is -2.74. The highest BCUT2D eigenvalue weighted by Gasteiger charge is 2.10. The van der Waals surface area contributed by atoms with E-state index in [4.69, 9.17) is 16.6 Å². The van der Waals surface area contributed by atoms with Crippen molar-refractivity contribution in [2.45, 2.75) is 6.42 Å². The fraction of sp³-hybridized carbons (Fsp3) is 0.143. The second kappa shape index (κ2) is 7.89. The lowest BCUT2D eigenvalue weighted by molar-refractivity contribution is -0.402. The maximum absolute atomic E-state index is 10.5. The van der Waals surface area contributed by atoms with E-state index >= 15 is 0 Å². The van der Waals surface area contributed by atoms with E-state index < -0.39 is 4.92 Å². The van der Waals surface area contributed by atoms with Gasteiger partial charge in [0.1, 0.15) is 4.92 Å². The molecule has 0 unspecified atom stereocenters. The predicted octanol–water partition coefficient (Wildman–Crippen LogP) is 2.23. The molecule has 2 aromatic rings. The van der Waals surface area contributed by atoms with Gasteiger partial charge in [0.15, 0.2) is 10.9 Å². The number of nitro groups is 1. The molecule has 1 aromatic heterocycles. The first kappa shape index (κ1) is 15.6. The van der Waals surface area contributed by atoms with E-state index in [0.717, 1.165) is 6.42 Å². The predicted molar refractivity (Wildman–Crippen MR) is 86.8 cm³/mol. The van der Waals surface area contributed by atoms with Crippen LogP contribution < -0.4 is 10.7 Å². The molecule has 2 rings (SSSR count). The van der Waals surface area contributed by atoms with Crippen LogP contribution in [0.1, 0.15) is 11.3 Å². The van der Waals surface area contributed by atoms with Crippen molar-refractivity contribution >= 4 is 29.4 Å². The Morgan fingerprint density at radius 2 is 2.09 bits per heavy atom. The number of hydrazone groups is 1. The summed E-state index contributed by atoms with van der Waals surface area (Å²) >= 11 is 5.06. The number of nitrogens with zero attached hydrogens (tertiary/aromatic N) is 2. The molecular weight excluding hydrogens is 304 g/mol. The fourth-order valence-electron chi connectivity index (χ4n) is 1.67. The van der Waals surface area contributed by atoms with Gasteiger partial charge in [0, 0.05) is 6.54 Å². The van der Waals surface area contributed by atoms with Gasteiger partial charge in [0.2, 0.25) is 0 Å². The summed E-state index contributed by atoms with van der Waals surface area (Å²) in [6, 6.07) is 12.7. The molecule has 114 valence electrons. The van der Waals surface area contributed by atoms with Crippen molar-refractivity contribution < 1.29 is 9.34 Å². The van der Waals surface area contributed by atoms with Gasteiger partial charge in [-0.05, 0) is 30.3 Å². The largest absolute Gasteiger partial charge is 0.433 e. The van der Waals surface area contributed by atoms with Gasteiger partial charge in [-0.15, -0.1) is 0 Å². The molecule has 0 spiro atoms. The Bertz CT molecular complexity index is 670. The average Bonchev–Trinajstić information content (AvgIpc) is 2.97. The summed E-state index contributed by atoms with van der Waals surface area (Å²) in [5.41, 5.74) is 3.83. The zero-order valence-electron chi connectivity index (χ0n) is 11.6. The number of nitrogens with one attached hydrogen (secondary N) is 2. The Balaban J connectivity index is 1.70. The highest BCUT2D eigenvalue weighted by Crippen LogP contribution is 2.13. The Morgan fingerprint density at radius 3 is 2.77 bits per heavy atom. The summed E-state index contributed by atoms with van der Waals surface area (Å²) in [5, 5.41) is 17.7. The van der Waals surface area contributed by atoms with Gasteiger partial charge in [0.25, 0.3) is 0 Å². The van der Waals surface area contributed by atoms with Gasteiger partial charge in [-0.3, -0.25) is 15.5 Å². The van der Waals surface area contributed by atoms with Crippen molar-refractivity contribution in [1.82, 2.24) is 10.7 Å². The topological polar surface area (TPSA) is 92.7 Å². The van der Waals surface area contributed by atoms with Crippen LogP contribution in [0.15, 0.2) is 52.0 Å². The van der Waals surface area contributed by atoms with E-state index in [2.05, 4.69) is 15.8 Å². The molecule has 8 heteroatoms. The van der Waals surface area contributed by atoms with Crippen LogP contribution in [-0.4, -0.2) is 22.8 Å². The molecule has 1 aromatic carbocycles. The minimum absolute atomic E-state index is 0.270. The second-order valence-electron chi connectivity index (χ2n) is 4.29. The summed E-state index contributed by atoms with van der Waals surface area (Å²) in [6.45, 7) is 0.678. The van der Waals surface area contributed by atoms with Crippen molar-refractivity contribution in [1.29, 1.82) is 0 Å². The molecule has 0 aliphatic carbocycles. The number of hydrogen-bond donors (Lipinski definition) is 2. The van der Waals surface area contributed by atoms with Gasteiger partial charge in [-0.2, -0.15) is 5.10 Å². The van der Waals surface area contributed by atoms with Crippen molar-refractivity contribution in [3.8, 4) is 0 Å². The SMILES string of the molecule is O=[N+]([O-])c1ccc(/C=N/NC(=S)NCCc2ccccc2)o1. The number of thiocarbonyl (C=S) groups is 1. The van der Waals surface area contributed by atoms with Crippen LogP contribution in [0.3, 0.4) is 0 Å². The molecule has 0 bridgehead atoms. The first-order valence-electron chi connectivity index (χ1n) is 6.50. The Labute approximate surface area is 132 Å². The highest BCUT2D eigenvalue weighted by atomic mass is 32.1. The van der Waals surface area contributed by atoms with E-state index in [1.54, 1.807) is 0 Å². The number of hydrogen-bond acceptors (Lipinski definition) is 5. The van der Waals surface area contributed by atoms with E-state index in [1.165, 1.54) is 23.9 Å². The second-order valence-corrected chi connectivity index (χ2v) is 4.70. The fourth-order valence-corrected chi connectivity index (χ4v) is 1.82. The van der Waals surface area contributed by atoms with E-state index in [9.17, 15) is 10.1 Å². The average molecular weight is 318 g/mol. The first-order chi connectivity index (χ1) is 10.6. The molecule has 0 amide bonds. The van der Waals surface area contributed by atoms with E-state index in [0.29, 0.717) is 11.7 Å². The van der Waals surface area contributed by atoms with Crippen LogP contribution in [0.25, 0.3) is 0 Å². The quantitative estimate of drug-likeness (QED) is 0.367. The van der Waals surface area contributed by atoms with Crippen molar-refractivity contribution in [2.75, 3.05) is 6.54 Å². The molecule has 2 N–H and O–H groups in total. The van der Waals surface area contributed by atoms with Crippen molar-refractivity contribution in [3.05, 3.63) is 63.9 Å². The Kier molecular flexibility index (Phi) is 5.61. The Morgan fingerprint density at radius 1 is 1.32 bits per heavy atom. The van der Waals surface area contributed by atoms with E-state index in [1.807, 2.05) is 30.3 Å². The monoisotopic (exact) mass is 318 g/mol.